The van der Waals surface area contributed by atoms with Gasteiger partial charge in [0, 0.05) is 5.69 Å². The van der Waals surface area contributed by atoms with Crippen molar-refractivity contribution in [2.75, 3.05) is 6.61 Å². The normalized spacial score (nSPS) is 20.1. The number of aromatic carboxylic acids is 1. The van der Waals surface area contributed by atoms with Crippen LogP contribution in [0.2, 0.25) is 0 Å². The maximum absolute atomic E-state index is 11.2. The van der Waals surface area contributed by atoms with Gasteiger partial charge < -0.3 is 14.4 Å². The number of rotatable bonds is 5. The molecule has 1 heterocycles. The van der Waals surface area contributed by atoms with E-state index < -0.39 is 5.97 Å². The average Bonchev–Trinajstić information content (AvgIpc) is 2.90. The zero-order valence-electron chi connectivity index (χ0n) is 13.5. The molecule has 0 bridgehead atoms. The molecular weight excluding hydrogens is 292 g/mol. The molecule has 1 aromatic heterocycles. The molecule has 5 heteroatoms. The van der Waals surface area contributed by atoms with E-state index in [9.17, 15) is 4.79 Å². The number of hydrogen-bond acceptors (Lipinski definition) is 3. The van der Waals surface area contributed by atoms with Crippen LogP contribution in [0.25, 0.3) is 0 Å². The molecule has 2 atom stereocenters. The molecule has 0 amide bonds. The number of hydrogen-bond donors (Lipinski definition) is 1. The summed E-state index contributed by atoms with van der Waals surface area (Å²) in [4.78, 5) is 15.7. The van der Waals surface area contributed by atoms with Crippen LogP contribution >= 0.6 is 0 Å². The number of para-hydroxylation sites is 1. The van der Waals surface area contributed by atoms with Gasteiger partial charge in [-0.2, -0.15) is 0 Å². The third kappa shape index (κ3) is 3.23. The maximum atomic E-state index is 11.2. The van der Waals surface area contributed by atoms with Crippen LogP contribution in [0.3, 0.4) is 0 Å². The van der Waals surface area contributed by atoms with Crippen LogP contribution in [0.1, 0.15) is 35.6 Å². The van der Waals surface area contributed by atoms with E-state index in [1.54, 1.807) is 24.3 Å². The van der Waals surface area contributed by atoms with Gasteiger partial charge in [-0.25, -0.2) is 9.78 Å². The van der Waals surface area contributed by atoms with E-state index in [2.05, 4.69) is 23.4 Å². The largest absolute Gasteiger partial charge is 0.491 e. The molecule has 23 heavy (non-hydrogen) atoms. The fourth-order valence-corrected chi connectivity index (χ4v) is 3.08. The van der Waals surface area contributed by atoms with E-state index in [0.29, 0.717) is 30.7 Å². The zero-order valence-corrected chi connectivity index (χ0v) is 13.5. The van der Waals surface area contributed by atoms with Crippen molar-refractivity contribution >= 4 is 5.97 Å². The Balaban J connectivity index is 1.66. The number of imidazole rings is 1. The molecule has 1 aliphatic rings. The molecular formula is C18H22N2O3. The Morgan fingerprint density at radius 3 is 2.83 bits per heavy atom. The first kappa shape index (κ1) is 15.6. The van der Waals surface area contributed by atoms with Crippen molar-refractivity contribution in [3.8, 4) is 5.75 Å². The number of ether oxygens (including phenoxy) is 1. The first-order chi connectivity index (χ1) is 11.1. The Morgan fingerprint density at radius 2 is 2.04 bits per heavy atom. The molecule has 1 aromatic carbocycles. The summed E-state index contributed by atoms with van der Waals surface area (Å²) in [6.45, 7) is 5.66. The average molecular weight is 314 g/mol. The minimum Gasteiger partial charge on any atom is -0.491 e. The topological polar surface area (TPSA) is 64.4 Å². The predicted molar refractivity (Wildman–Crippen MR) is 86.9 cm³/mol. The number of aromatic nitrogens is 2. The molecule has 0 radical (unpaired) electrons. The summed E-state index contributed by atoms with van der Waals surface area (Å²) >= 11 is 0. The Hall–Kier alpha value is -2.30. The van der Waals surface area contributed by atoms with Crippen LogP contribution in [0.15, 0.2) is 30.6 Å². The number of nitrogens with zero attached hydrogens (tertiary/aromatic N) is 2. The highest BCUT2D eigenvalue weighted by Crippen LogP contribution is 2.29. The summed E-state index contributed by atoms with van der Waals surface area (Å²) in [5.41, 5.74) is 2.69. The second kappa shape index (κ2) is 6.44. The van der Waals surface area contributed by atoms with Crippen LogP contribution in [0.4, 0.5) is 0 Å². The van der Waals surface area contributed by atoms with Gasteiger partial charge in [-0.15, -0.1) is 0 Å². The molecule has 5 nitrogen and oxygen atoms in total. The molecule has 2 unspecified atom stereocenters. The highest BCUT2D eigenvalue weighted by Gasteiger charge is 2.25. The number of fused-ring (bicyclic) bond motifs is 1. The smallest absolute Gasteiger partial charge is 0.339 e. The second-order valence-corrected chi connectivity index (χ2v) is 6.34. The summed E-state index contributed by atoms with van der Waals surface area (Å²) < 4.78 is 7.82. The van der Waals surface area contributed by atoms with Gasteiger partial charge in [0.25, 0.3) is 0 Å². The van der Waals surface area contributed by atoms with E-state index in [4.69, 9.17) is 9.84 Å². The molecule has 0 spiro atoms. The van der Waals surface area contributed by atoms with E-state index in [1.807, 2.05) is 6.33 Å². The number of carbonyl (C=O) groups is 1. The maximum Gasteiger partial charge on any atom is 0.339 e. The molecule has 1 N–H and O–H groups in total. The third-order valence-corrected chi connectivity index (χ3v) is 4.74. The first-order valence-corrected chi connectivity index (χ1v) is 8.04. The molecule has 0 fully saturated rings. The van der Waals surface area contributed by atoms with Crippen molar-refractivity contribution in [1.29, 1.82) is 0 Å². The monoisotopic (exact) mass is 314 g/mol. The van der Waals surface area contributed by atoms with Crippen LogP contribution in [-0.2, 0) is 19.4 Å². The quantitative estimate of drug-likeness (QED) is 0.921. The van der Waals surface area contributed by atoms with E-state index >= 15 is 0 Å². The summed E-state index contributed by atoms with van der Waals surface area (Å²) in [7, 11) is 0. The summed E-state index contributed by atoms with van der Waals surface area (Å²) in [5, 5.41) is 9.17. The molecule has 0 saturated carbocycles. The van der Waals surface area contributed by atoms with Crippen molar-refractivity contribution in [3.63, 3.8) is 0 Å². The Labute approximate surface area is 135 Å². The number of carboxylic acids is 1. The number of benzene rings is 1. The highest BCUT2D eigenvalue weighted by atomic mass is 16.5. The van der Waals surface area contributed by atoms with Crippen LogP contribution in [0.5, 0.6) is 5.75 Å². The summed E-state index contributed by atoms with van der Waals surface area (Å²) in [6.07, 6.45) is 3.95. The van der Waals surface area contributed by atoms with Gasteiger partial charge in [0.15, 0.2) is 0 Å². The van der Waals surface area contributed by atoms with Gasteiger partial charge in [0.1, 0.15) is 17.9 Å². The van der Waals surface area contributed by atoms with Crippen LogP contribution in [-0.4, -0.2) is 27.2 Å². The Kier molecular flexibility index (Phi) is 4.37. The second-order valence-electron chi connectivity index (χ2n) is 6.34. The molecule has 1 aliphatic carbocycles. The van der Waals surface area contributed by atoms with E-state index in [-0.39, 0.29) is 5.56 Å². The highest BCUT2D eigenvalue weighted by molar-refractivity contribution is 5.90. The van der Waals surface area contributed by atoms with Crippen molar-refractivity contribution in [2.45, 2.75) is 33.2 Å². The van der Waals surface area contributed by atoms with Crippen molar-refractivity contribution < 1.29 is 14.6 Å². The lowest BCUT2D eigenvalue weighted by Gasteiger charge is -2.26. The van der Waals surface area contributed by atoms with Crippen LogP contribution in [0, 0.1) is 11.8 Å². The fraction of sp³-hybridized carbons (Fsp3) is 0.444. The lowest BCUT2D eigenvalue weighted by molar-refractivity contribution is 0.0692. The van der Waals surface area contributed by atoms with Crippen molar-refractivity contribution in [2.24, 2.45) is 11.8 Å². The zero-order chi connectivity index (χ0) is 16.4. The van der Waals surface area contributed by atoms with Gasteiger partial charge in [0.05, 0.1) is 18.6 Å². The molecule has 0 aliphatic heterocycles. The lowest BCUT2D eigenvalue weighted by Crippen LogP contribution is -2.23. The Bertz CT molecular complexity index is 708. The van der Waals surface area contributed by atoms with Gasteiger partial charge in [0.2, 0.25) is 0 Å². The molecule has 122 valence electrons. The summed E-state index contributed by atoms with van der Waals surface area (Å²) in [5.74, 6) is 0.774. The third-order valence-electron chi connectivity index (χ3n) is 4.74. The van der Waals surface area contributed by atoms with Crippen molar-refractivity contribution in [3.05, 3.63) is 47.5 Å². The number of carboxylic acid groups (broad SMARTS) is 1. The van der Waals surface area contributed by atoms with Crippen LogP contribution < -0.4 is 4.74 Å². The predicted octanol–water partition coefficient (Wildman–Crippen LogP) is 3.03. The van der Waals surface area contributed by atoms with Gasteiger partial charge >= 0.3 is 5.97 Å². The standard InChI is InChI=1S/C18H22N2O3/c1-12-9-15-16(10-13(12)2)20(11-19-15)7-8-23-17-6-4-3-5-14(17)18(21)22/h3-6,11-13H,7-10H2,1-2H3,(H,21,22). The van der Waals surface area contributed by atoms with Crippen molar-refractivity contribution in [1.82, 2.24) is 9.55 Å². The molecule has 3 rings (SSSR count). The Morgan fingerprint density at radius 1 is 1.30 bits per heavy atom. The van der Waals surface area contributed by atoms with E-state index in [0.717, 1.165) is 12.8 Å². The summed E-state index contributed by atoms with van der Waals surface area (Å²) in [6, 6.07) is 6.73. The van der Waals surface area contributed by atoms with Gasteiger partial charge in [-0.05, 0) is 36.8 Å². The van der Waals surface area contributed by atoms with E-state index in [1.165, 1.54) is 11.4 Å². The SMILES string of the molecule is CC1Cc2ncn(CCOc3ccccc3C(=O)O)c2CC1C. The lowest BCUT2D eigenvalue weighted by atomic mass is 9.82. The minimum absolute atomic E-state index is 0.197. The molecule has 2 aromatic rings. The van der Waals surface area contributed by atoms with Gasteiger partial charge in [-0.3, -0.25) is 0 Å². The molecule has 0 saturated heterocycles. The van der Waals surface area contributed by atoms with Gasteiger partial charge in [-0.1, -0.05) is 26.0 Å². The first-order valence-electron chi connectivity index (χ1n) is 8.04. The fourth-order valence-electron chi connectivity index (χ4n) is 3.08. The minimum atomic E-state index is -0.969.